The van der Waals surface area contributed by atoms with Crippen LogP contribution < -0.4 is 4.72 Å². The Morgan fingerprint density at radius 1 is 1.30 bits per heavy atom. The van der Waals surface area contributed by atoms with E-state index in [4.69, 9.17) is 0 Å². The number of aldehydes is 1. The molecule has 0 radical (unpaired) electrons. The molecule has 3 atom stereocenters. The molecular formula is C15H22FNO2S. The third-order valence-electron chi connectivity index (χ3n) is 3.41. The molecule has 0 aliphatic rings. The van der Waals surface area contributed by atoms with Gasteiger partial charge in [0.1, 0.15) is 16.9 Å². The second-order valence-corrected chi connectivity index (χ2v) is 8.06. The SMILES string of the molecule is C[C@@H](C=O)[C@](C)(N[S@+]([O-])C(C)(C)C)c1ccccc1F. The molecule has 112 valence electrons. The zero-order valence-electron chi connectivity index (χ0n) is 12.6. The molecule has 0 saturated carbocycles. The van der Waals surface area contributed by atoms with Crippen molar-refractivity contribution in [2.75, 3.05) is 0 Å². The second kappa shape index (κ2) is 6.24. The molecule has 5 heteroatoms. The maximum atomic E-state index is 14.1. The van der Waals surface area contributed by atoms with Gasteiger partial charge >= 0.3 is 0 Å². The van der Waals surface area contributed by atoms with Crippen LogP contribution in [-0.4, -0.2) is 15.6 Å². The van der Waals surface area contributed by atoms with Crippen molar-refractivity contribution in [2.45, 2.75) is 44.9 Å². The largest absolute Gasteiger partial charge is 0.598 e. The molecule has 20 heavy (non-hydrogen) atoms. The summed E-state index contributed by atoms with van der Waals surface area (Å²) in [4.78, 5) is 11.2. The average molecular weight is 299 g/mol. The minimum Gasteiger partial charge on any atom is -0.598 e. The van der Waals surface area contributed by atoms with Gasteiger partial charge in [0.15, 0.2) is 0 Å². The Labute approximate surface area is 123 Å². The van der Waals surface area contributed by atoms with Gasteiger partial charge in [-0.05, 0) is 33.8 Å². The Bertz CT molecular complexity index is 475. The molecule has 0 bridgehead atoms. The first-order chi connectivity index (χ1) is 9.13. The summed E-state index contributed by atoms with van der Waals surface area (Å²) in [5.41, 5.74) is -0.678. The van der Waals surface area contributed by atoms with E-state index >= 15 is 0 Å². The van der Waals surface area contributed by atoms with Gasteiger partial charge in [0.25, 0.3) is 0 Å². The van der Waals surface area contributed by atoms with Gasteiger partial charge in [0.2, 0.25) is 0 Å². The van der Waals surface area contributed by atoms with Gasteiger partial charge in [0.05, 0.1) is 5.54 Å². The highest BCUT2D eigenvalue weighted by atomic mass is 32.2. The lowest BCUT2D eigenvalue weighted by Crippen LogP contribution is -2.53. The van der Waals surface area contributed by atoms with Crippen LogP contribution in [0.4, 0.5) is 4.39 Å². The lowest BCUT2D eigenvalue weighted by atomic mass is 9.82. The number of nitrogens with one attached hydrogen (secondary N) is 1. The number of hydrogen-bond donors (Lipinski definition) is 1. The summed E-state index contributed by atoms with van der Waals surface area (Å²) in [6, 6.07) is 6.25. The van der Waals surface area contributed by atoms with Gasteiger partial charge in [-0.1, -0.05) is 25.1 Å². The fourth-order valence-corrected chi connectivity index (χ4v) is 2.74. The molecule has 1 aromatic carbocycles. The highest BCUT2D eigenvalue weighted by molar-refractivity contribution is 7.90. The van der Waals surface area contributed by atoms with Crippen molar-refractivity contribution in [3.05, 3.63) is 35.6 Å². The van der Waals surface area contributed by atoms with Crippen LogP contribution in [0.3, 0.4) is 0 Å². The van der Waals surface area contributed by atoms with E-state index in [9.17, 15) is 13.7 Å². The summed E-state index contributed by atoms with van der Waals surface area (Å²) in [7, 11) is 0. The molecular weight excluding hydrogens is 277 g/mol. The Morgan fingerprint density at radius 3 is 2.30 bits per heavy atom. The fourth-order valence-electron chi connectivity index (χ4n) is 1.76. The Balaban J connectivity index is 3.24. The molecule has 0 heterocycles. The van der Waals surface area contributed by atoms with E-state index in [0.717, 1.165) is 6.29 Å². The van der Waals surface area contributed by atoms with E-state index in [-0.39, 0.29) is 0 Å². The molecule has 0 aliphatic carbocycles. The topological polar surface area (TPSA) is 52.2 Å². The normalized spacial score (nSPS) is 18.1. The molecule has 0 spiro atoms. The van der Waals surface area contributed by atoms with Gasteiger partial charge in [0, 0.05) is 22.8 Å². The molecule has 0 saturated heterocycles. The summed E-state index contributed by atoms with van der Waals surface area (Å²) >= 11 is -1.41. The van der Waals surface area contributed by atoms with Crippen LogP contribution in [0.1, 0.15) is 40.2 Å². The standard InChI is InChI=1S/C15H22FNO2S/c1-11(10-18)15(5,17-20(19)14(2,3)4)12-8-6-7-9-13(12)16/h6-11,17H,1-5H3/t11-,15-,20+/m0/s1. The van der Waals surface area contributed by atoms with Crippen molar-refractivity contribution in [3.63, 3.8) is 0 Å². The predicted octanol–water partition coefficient (Wildman–Crippen LogP) is 2.93. The summed E-state index contributed by atoms with van der Waals surface area (Å²) in [6.07, 6.45) is 0.749. The maximum absolute atomic E-state index is 14.1. The Kier molecular flexibility index (Phi) is 5.35. The first-order valence-electron chi connectivity index (χ1n) is 6.53. The molecule has 1 rings (SSSR count). The number of carbonyl (C=O) groups is 1. The number of rotatable bonds is 5. The molecule has 0 fully saturated rings. The van der Waals surface area contributed by atoms with E-state index in [0.29, 0.717) is 5.56 Å². The van der Waals surface area contributed by atoms with Crippen LogP contribution in [0, 0.1) is 11.7 Å². The van der Waals surface area contributed by atoms with Crippen molar-refractivity contribution < 1.29 is 13.7 Å². The number of halogens is 1. The third-order valence-corrected chi connectivity index (χ3v) is 5.13. The smallest absolute Gasteiger partial charge is 0.136 e. The van der Waals surface area contributed by atoms with Crippen molar-refractivity contribution in [2.24, 2.45) is 5.92 Å². The Hall–Kier alpha value is -0.910. The summed E-state index contributed by atoms with van der Waals surface area (Å²) < 4.78 is 28.9. The quantitative estimate of drug-likeness (QED) is 0.672. The van der Waals surface area contributed by atoms with Crippen LogP contribution in [0.15, 0.2) is 24.3 Å². The fraction of sp³-hybridized carbons (Fsp3) is 0.533. The van der Waals surface area contributed by atoms with E-state index in [2.05, 4.69) is 4.72 Å². The van der Waals surface area contributed by atoms with Crippen molar-refractivity contribution in [1.82, 2.24) is 4.72 Å². The summed E-state index contributed by atoms with van der Waals surface area (Å²) in [5, 5.41) is 0. The second-order valence-electron chi connectivity index (χ2n) is 6.09. The van der Waals surface area contributed by atoms with Gasteiger partial charge in [-0.2, -0.15) is 0 Å². The van der Waals surface area contributed by atoms with Gasteiger partial charge in [-0.15, -0.1) is 4.72 Å². The van der Waals surface area contributed by atoms with Gasteiger partial charge in [-0.25, -0.2) is 4.39 Å². The average Bonchev–Trinajstić information content (AvgIpc) is 2.36. The monoisotopic (exact) mass is 299 g/mol. The van der Waals surface area contributed by atoms with Crippen LogP contribution in [0.25, 0.3) is 0 Å². The zero-order valence-corrected chi connectivity index (χ0v) is 13.4. The minimum atomic E-state index is -1.41. The summed E-state index contributed by atoms with van der Waals surface area (Å²) in [6.45, 7) is 8.86. The Morgan fingerprint density at radius 2 is 1.85 bits per heavy atom. The molecule has 1 N–H and O–H groups in total. The molecule has 0 aromatic heterocycles. The van der Waals surface area contributed by atoms with Crippen LogP contribution >= 0.6 is 0 Å². The number of carbonyl (C=O) groups excluding carboxylic acids is 1. The van der Waals surface area contributed by atoms with Crippen molar-refractivity contribution in [1.29, 1.82) is 0 Å². The van der Waals surface area contributed by atoms with Crippen LogP contribution in [-0.2, 0) is 21.7 Å². The predicted molar refractivity (Wildman–Crippen MR) is 80.0 cm³/mol. The summed E-state index contributed by atoms with van der Waals surface area (Å²) in [5.74, 6) is -0.937. The van der Waals surface area contributed by atoms with E-state index < -0.39 is 33.4 Å². The molecule has 0 aliphatic heterocycles. The third kappa shape index (κ3) is 3.59. The highest BCUT2D eigenvalue weighted by Crippen LogP contribution is 2.32. The van der Waals surface area contributed by atoms with E-state index in [1.807, 2.05) is 20.8 Å². The maximum Gasteiger partial charge on any atom is 0.136 e. The molecule has 1 aromatic rings. The molecule has 3 nitrogen and oxygen atoms in total. The first kappa shape index (κ1) is 17.1. The molecule has 0 unspecified atom stereocenters. The lowest BCUT2D eigenvalue weighted by molar-refractivity contribution is -0.112. The number of benzene rings is 1. The highest BCUT2D eigenvalue weighted by Gasteiger charge is 2.42. The first-order valence-corrected chi connectivity index (χ1v) is 7.68. The zero-order chi connectivity index (χ0) is 15.6. The van der Waals surface area contributed by atoms with Gasteiger partial charge < -0.3 is 9.35 Å². The van der Waals surface area contributed by atoms with Crippen molar-refractivity contribution >= 4 is 17.6 Å². The van der Waals surface area contributed by atoms with Gasteiger partial charge in [-0.3, -0.25) is 0 Å². The number of hydrogen-bond acceptors (Lipinski definition) is 3. The van der Waals surface area contributed by atoms with Crippen molar-refractivity contribution in [3.8, 4) is 0 Å². The van der Waals surface area contributed by atoms with E-state index in [1.54, 1.807) is 32.0 Å². The van der Waals surface area contributed by atoms with E-state index in [1.165, 1.54) is 6.07 Å². The minimum absolute atomic E-state index is 0.345. The lowest BCUT2D eigenvalue weighted by Gasteiger charge is -2.37. The van der Waals surface area contributed by atoms with Crippen LogP contribution in [0.5, 0.6) is 0 Å². The van der Waals surface area contributed by atoms with Crippen LogP contribution in [0.2, 0.25) is 0 Å². The molecule has 0 amide bonds.